The molecule has 2 aliphatic rings. The molecule has 1 aliphatic heterocycles. The van der Waals surface area contributed by atoms with Gasteiger partial charge in [-0.3, -0.25) is 0 Å². The predicted octanol–water partition coefficient (Wildman–Crippen LogP) is 3.71. The lowest BCUT2D eigenvalue weighted by molar-refractivity contribution is -0.0338. The summed E-state index contributed by atoms with van der Waals surface area (Å²) in [7, 11) is 1.83. The van der Waals surface area contributed by atoms with Crippen molar-refractivity contribution in [1.82, 2.24) is 10.2 Å². The summed E-state index contributed by atoms with van der Waals surface area (Å²) in [6, 6.07) is 5.08. The molecule has 1 aromatic heterocycles. The maximum absolute atomic E-state index is 10.3. The van der Waals surface area contributed by atoms with E-state index in [1.807, 2.05) is 14.0 Å². The van der Waals surface area contributed by atoms with E-state index in [-0.39, 0.29) is 17.5 Å². The van der Waals surface area contributed by atoms with Crippen LogP contribution in [0, 0.1) is 0 Å². The molecule has 2 aromatic rings. The number of hydrogen-bond acceptors (Lipinski definition) is 5. The van der Waals surface area contributed by atoms with E-state index < -0.39 is 0 Å². The average Bonchev–Trinajstić information content (AvgIpc) is 3.25. The van der Waals surface area contributed by atoms with Crippen LogP contribution in [0.1, 0.15) is 37.0 Å². The van der Waals surface area contributed by atoms with Crippen LogP contribution in [0.2, 0.25) is 5.02 Å². The first-order valence-corrected chi connectivity index (χ1v) is 8.15. The van der Waals surface area contributed by atoms with Crippen molar-refractivity contribution in [3.05, 3.63) is 34.3 Å². The molecule has 1 aromatic carbocycles. The molecule has 1 aliphatic carbocycles. The van der Waals surface area contributed by atoms with Crippen molar-refractivity contribution in [2.75, 3.05) is 12.4 Å². The highest BCUT2D eigenvalue weighted by Gasteiger charge is 2.50. The predicted molar refractivity (Wildman–Crippen MR) is 88.9 cm³/mol. The Morgan fingerprint density at radius 2 is 2.13 bits per heavy atom. The van der Waals surface area contributed by atoms with Crippen molar-refractivity contribution in [1.29, 1.82) is 0 Å². The van der Waals surface area contributed by atoms with Crippen LogP contribution in [0.25, 0.3) is 11.3 Å². The maximum atomic E-state index is 10.3. The summed E-state index contributed by atoms with van der Waals surface area (Å²) in [5.74, 6) is 0.857. The topological polar surface area (TPSA) is 67.3 Å². The number of aromatic nitrogens is 2. The number of aromatic hydroxyl groups is 1. The Morgan fingerprint density at radius 1 is 1.35 bits per heavy atom. The molecule has 1 unspecified atom stereocenters. The highest BCUT2D eigenvalue weighted by atomic mass is 35.5. The summed E-state index contributed by atoms with van der Waals surface area (Å²) < 4.78 is 6.20. The van der Waals surface area contributed by atoms with Gasteiger partial charge in [-0.15, -0.1) is 10.2 Å². The first-order chi connectivity index (χ1) is 11.0. The molecule has 6 heteroatoms. The third-order valence-electron chi connectivity index (χ3n) is 4.71. The molecule has 0 radical (unpaired) electrons. The van der Waals surface area contributed by atoms with Crippen LogP contribution in [0.3, 0.4) is 0 Å². The number of hydrogen-bond donors (Lipinski definition) is 2. The Kier molecular flexibility index (Phi) is 3.25. The third-order valence-corrected chi connectivity index (χ3v) is 4.94. The fourth-order valence-electron chi connectivity index (χ4n) is 3.44. The molecule has 1 fully saturated rings. The third kappa shape index (κ3) is 2.35. The van der Waals surface area contributed by atoms with Crippen molar-refractivity contribution in [2.45, 2.75) is 37.9 Å². The van der Waals surface area contributed by atoms with Crippen LogP contribution < -0.4 is 5.32 Å². The smallest absolute Gasteiger partial charge is 0.154 e. The van der Waals surface area contributed by atoms with Gasteiger partial charge in [0.1, 0.15) is 11.4 Å². The van der Waals surface area contributed by atoms with Crippen LogP contribution in [0.15, 0.2) is 18.2 Å². The molecule has 1 spiro atoms. The molecule has 2 heterocycles. The molecular formula is C17H18ClN3O2. The van der Waals surface area contributed by atoms with Crippen molar-refractivity contribution < 1.29 is 9.84 Å². The number of nitrogens with zero attached hydrogens (tertiary/aromatic N) is 2. The Labute approximate surface area is 139 Å². The lowest BCUT2D eigenvalue weighted by Crippen LogP contribution is -2.28. The molecule has 4 rings (SSSR count). The summed E-state index contributed by atoms with van der Waals surface area (Å²) in [4.78, 5) is 0. The number of rotatable bonds is 2. The van der Waals surface area contributed by atoms with Gasteiger partial charge in [0.2, 0.25) is 0 Å². The summed E-state index contributed by atoms with van der Waals surface area (Å²) in [5, 5.41) is 22.5. The number of anilines is 1. The number of nitrogens with one attached hydrogen (secondary N) is 1. The van der Waals surface area contributed by atoms with E-state index in [0.29, 0.717) is 10.6 Å². The quantitative estimate of drug-likeness (QED) is 0.878. The second kappa shape index (κ2) is 5.08. The number of phenolic OH excluding ortho intramolecular Hbond substituents is 1. The van der Waals surface area contributed by atoms with Gasteiger partial charge in [-0.25, -0.2) is 0 Å². The SMILES string of the molecule is CNc1nnc(-c2ccc(Cl)cc2O)c2c1C(C)OC1(CC1)C2. The van der Waals surface area contributed by atoms with E-state index in [1.54, 1.807) is 12.1 Å². The fraction of sp³-hybridized carbons (Fsp3) is 0.412. The standard InChI is InChI=1S/C17H18ClN3O2/c1-9-14-12(8-17(23-9)5-6-17)15(20-21-16(14)19-2)11-4-3-10(18)7-13(11)22/h3-4,7,9,22H,5-6,8H2,1-2H3,(H,19,21). The second-order valence-electron chi connectivity index (χ2n) is 6.32. The molecule has 1 atom stereocenters. The normalized spacial score (nSPS) is 21.1. The molecule has 0 saturated heterocycles. The van der Waals surface area contributed by atoms with E-state index >= 15 is 0 Å². The number of ether oxygens (including phenoxy) is 1. The second-order valence-corrected chi connectivity index (χ2v) is 6.76. The van der Waals surface area contributed by atoms with Gasteiger partial charge < -0.3 is 15.2 Å². The van der Waals surface area contributed by atoms with E-state index in [2.05, 4.69) is 15.5 Å². The van der Waals surface area contributed by atoms with Gasteiger partial charge in [0.25, 0.3) is 0 Å². The minimum atomic E-state index is -0.0583. The molecule has 0 bridgehead atoms. The first-order valence-electron chi connectivity index (χ1n) is 7.77. The van der Waals surface area contributed by atoms with E-state index in [1.165, 1.54) is 6.07 Å². The fourth-order valence-corrected chi connectivity index (χ4v) is 3.61. The maximum Gasteiger partial charge on any atom is 0.154 e. The van der Waals surface area contributed by atoms with Crippen LogP contribution in [0.5, 0.6) is 5.75 Å². The van der Waals surface area contributed by atoms with Crippen molar-refractivity contribution in [2.24, 2.45) is 0 Å². The zero-order valence-corrected chi connectivity index (χ0v) is 13.8. The van der Waals surface area contributed by atoms with Gasteiger partial charge in [-0.1, -0.05) is 11.6 Å². The summed E-state index contributed by atoms with van der Waals surface area (Å²) in [6.45, 7) is 2.05. The molecule has 5 nitrogen and oxygen atoms in total. The van der Waals surface area contributed by atoms with Crippen LogP contribution >= 0.6 is 11.6 Å². The molecule has 2 N–H and O–H groups in total. The molecule has 1 saturated carbocycles. The number of benzene rings is 1. The zero-order chi connectivity index (χ0) is 16.2. The Bertz CT molecular complexity index is 790. The summed E-state index contributed by atoms with van der Waals surface area (Å²) in [6.07, 6.45) is 2.89. The van der Waals surface area contributed by atoms with Crippen molar-refractivity contribution in [3.8, 4) is 17.0 Å². The number of halogens is 1. The highest BCUT2D eigenvalue weighted by Crippen LogP contribution is 2.53. The summed E-state index contributed by atoms with van der Waals surface area (Å²) in [5.41, 5.74) is 3.46. The lowest BCUT2D eigenvalue weighted by Gasteiger charge is -2.32. The molecule has 120 valence electrons. The van der Waals surface area contributed by atoms with Gasteiger partial charge in [-0.2, -0.15) is 0 Å². The van der Waals surface area contributed by atoms with E-state index in [0.717, 1.165) is 41.9 Å². The first kappa shape index (κ1) is 14.7. The highest BCUT2D eigenvalue weighted by molar-refractivity contribution is 6.30. The van der Waals surface area contributed by atoms with Gasteiger partial charge in [0.05, 0.1) is 11.7 Å². The Balaban J connectivity index is 1.93. The zero-order valence-electron chi connectivity index (χ0n) is 13.1. The van der Waals surface area contributed by atoms with Crippen LogP contribution in [-0.4, -0.2) is 28.0 Å². The minimum absolute atomic E-state index is 0.0487. The van der Waals surface area contributed by atoms with Gasteiger partial charge in [0, 0.05) is 29.6 Å². The van der Waals surface area contributed by atoms with Crippen LogP contribution in [-0.2, 0) is 11.2 Å². The van der Waals surface area contributed by atoms with E-state index in [4.69, 9.17) is 16.3 Å². The van der Waals surface area contributed by atoms with Crippen LogP contribution in [0.4, 0.5) is 5.82 Å². The number of fused-ring (bicyclic) bond motifs is 1. The Hall–Kier alpha value is -1.85. The largest absolute Gasteiger partial charge is 0.507 e. The minimum Gasteiger partial charge on any atom is -0.507 e. The summed E-state index contributed by atoms with van der Waals surface area (Å²) >= 11 is 5.95. The Morgan fingerprint density at radius 3 is 2.78 bits per heavy atom. The molecule has 0 amide bonds. The lowest BCUT2D eigenvalue weighted by atomic mass is 9.90. The van der Waals surface area contributed by atoms with Crippen molar-refractivity contribution in [3.63, 3.8) is 0 Å². The van der Waals surface area contributed by atoms with E-state index in [9.17, 15) is 5.11 Å². The van der Waals surface area contributed by atoms with Gasteiger partial charge in [0.15, 0.2) is 5.82 Å². The molecule has 23 heavy (non-hydrogen) atoms. The monoisotopic (exact) mass is 331 g/mol. The average molecular weight is 332 g/mol. The van der Waals surface area contributed by atoms with Gasteiger partial charge in [-0.05, 0) is 43.5 Å². The van der Waals surface area contributed by atoms with Crippen molar-refractivity contribution >= 4 is 17.4 Å². The van der Waals surface area contributed by atoms with Gasteiger partial charge >= 0.3 is 0 Å². The number of phenols is 1. The molecular weight excluding hydrogens is 314 g/mol.